The number of nitrogens with zero attached hydrogens (tertiary/aromatic N) is 1. The molecule has 0 N–H and O–H groups in total. The Bertz CT molecular complexity index is 888. The lowest BCUT2D eigenvalue weighted by Gasteiger charge is -2.30. The van der Waals surface area contributed by atoms with Crippen LogP contribution in [-0.4, -0.2) is 23.9 Å². The Labute approximate surface area is 164 Å². The molecule has 1 aliphatic rings. The van der Waals surface area contributed by atoms with Crippen molar-refractivity contribution in [1.82, 2.24) is 4.98 Å². The lowest BCUT2D eigenvalue weighted by atomic mass is 9.80. The molecule has 0 saturated heterocycles. The van der Waals surface area contributed by atoms with Crippen LogP contribution in [0.1, 0.15) is 64.1 Å². The first kappa shape index (κ1) is 20.3. The van der Waals surface area contributed by atoms with Crippen molar-refractivity contribution >= 4 is 20.7 Å². The van der Waals surface area contributed by atoms with Gasteiger partial charge in [-0.3, -0.25) is 4.98 Å². The minimum atomic E-state index is -3.01. The zero-order chi connectivity index (χ0) is 19.7. The Morgan fingerprint density at radius 3 is 2.33 bits per heavy atom. The number of aryl methyl sites for hydroxylation is 2. The molecule has 1 saturated carbocycles. The summed E-state index contributed by atoms with van der Waals surface area (Å²) in [7, 11) is -3.01. The maximum atomic E-state index is 12.5. The molecule has 3 nitrogen and oxygen atoms in total. The first-order valence-electron chi connectivity index (χ1n) is 10.2. The molecule has 0 aliphatic heterocycles. The van der Waals surface area contributed by atoms with Crippen molar-refractivity contribution in [2.45, 2.75) is 71.0 Å². The van der Waals surface area contributed by atoms with E-state index in [2.05, 4.69) is 36.2 Å². The number of benzene rings is 1. The molecule has 0 spiro atoms. The first-order valence-corrected chi connectivity index (χ1v) is 11.9. The van der Waals surface area contributed by atoms with E-state index >= 15 is 0 Å². The van der Waals surface area contributed by atoms with Crippen molar-refractivity contribution in [3.63, 3.8) is 0 Å². The van der Waals surface area contributed by atoms with Crippen molar-refractivity contribution in [3.8, 4) is 0 Å². The fourth-order valence-electron chi connectivity index (χ4n) is 4.21. The predicted octanol–water partition coefficient (Wildman–Crippen LogP) is 5.50. The largest absolute Gasteiger partial charge is 0.253 e. The minimum absolute atomic E-state index is 0.342. The highest BCUT2D eigenvalue weighted by Crippen LogP contribution is 2.34. The summed E-state index contributed by atoms with van der Waals surface area (Å²) in [5.74, 6) is 1.41. The average Bonchev–Trinajstić information content (AvgIpc) is 2.59. The van der Waals surface area contributed by atoms with Gasteiger partial charge < -0.3 is 0 Å². The molecule has 1 aliphatic carbocycles. The molecular weight excluding hydrogens is 354 g/mol. The van der Waals surface area contributed by atoms with E-state index in [1.165, 1.54) is 17.4 Å². The Morgan fingerprint density at radius 1 is 1.04 bits per heavy atom. The van der Waals surface area contributed by atoms with Gasteiger partial charge in [-0.25, -0.2) is 8.42 Å². The average molecular weight is 388 g/mol. The zero-order valence-electron chi connectivity index (χ0n) is 17.2. The van der Waals surface area contributed by atoms with E-state index in [4.69, 9.17) is 0 Å². The number of rotatable bonds is 5. The van der Waals surface area contributed by atoms with Crippen LogP contribution >= 0.6 is 0 Å². The minimum Gasteiger partial charge on any atom is -0.253 e. The van der Waals surface area contributed by atoms with Crippen LogP contribution in [0.5, 0.6) is 0 Å². The summed E-state index contributed by atoms with van der Waals surface area (Å²) in [6, 6.07) is 10.6. The normalized spacial score (nSPS) is 21.5. The summed E-state index contributed by atoms with van der Waals surface area (Å²) < 4.78 is 24.3. The number of hydrogen-bond donors (Lipinski definition) is 0. The highest BCUT2D eigenvalue weighted by molar-refractivity contribution is 7.92. The molecule has 1 aromatic carbocycles. The van der Waals surface area contributed by atoms with Gasteiger partial charge in [0.25, 0.3) is 0 Å². The SMILES string of the molecule is Cc1cc(CCC2CCC(CS(=O)(=O)C(C)(C)C)CC2)c2ccccc2n1. The van der Waals surface area contributed by atoms with Gasteiger partial charge in [0.15, 0.2) is 9.84 Å². The van der Waals surface area contributed by atoms with Crippen LogP contribution in [0.25, 0.3) is 10.9 Å². The summed E-state index contributed by atoms with van der Waals surface area (Å²) in [5.41, 5.74) is 3.57. The van der Waals surface area contributed by atoms with Crippen LogP contribution in [0.2, 0.25) is 0 Å². The van der Waals surface area contributed by atoms with Gasteiger partial charge in [0.05, 0.1) is 16.0 Å². The van der Waals surface area contributed by atoms with E-state index in [0.717, 1.165) is 43.3 Å². The smallest absolute Gasteiger partial charge is 0.155 e. The van der Waals surface area contributed by atoms with Crippen molar-refractivity contribution in [3.05, 3.63) is 41.6 Å². The summed E-state index contributed by atoms with van der Waals surface area (Å²) in [6.45, 7) is 7.51. The molecule has 27 heavy (non-hydrogen) atoms. The third-order valence-electron chi connectivity index (χ3n) is 6.11. The predicted molar refractivity (Wildman–Crippen MR) is 114 cm³/mol. The number of pyridine rings is 1. The third kappa shape index (κ3) is 4.90. The van der Waals surface area contributed by atoms with Crippen molar-refractivity contribution < 1.29 is 8.42 Å². The summed E-state index contributed by atoms with van der Waals surface area (Å²) in [6.07, 6.45) is 6.69. The molecule has 0 bridgehead atoms. The van der Waals surface area contributed by atoms with Crippen LogP contribution in [0, 0.1) is 18.8 Å². The summed E-state index contributed by atoms with van der Waals surface area (Å²) in [5, 5.41) is 1.27. The van der Waals surface area contributed by atoms with Gasteiger partial charge in [0.2, 0.25) is 0 Å². The maximum Gasteiger partial charge on any atom is 0.155 e. The zero-order valence-corrected chi connectivity index (χ0v) is 18.0. The van der Waals surface area contributed by atoms with E-state index in [1.54, 1.807) is 0 Å². The van der Waals surface area contributed by atoms with Gasteiger partial charge in [-0.05, 0) is 82.9 Å². The quantitative estimate of drug-likeness (QED) is 0.681. The summed E-state index contributed by atoms with van der Waals surface area (Å²) >= 11 is 0. The standard InChI is InChI=1S/C23H33NO2S/c1-17-15-20(21-7-5-6-8-22(21)24-17)14-13-18-9-11-19(12-10-18)16-27(25,26)23(2,3)4/h5-8,15,18-19H,9-14,16H2,1-4H3. The molecule has 0 amide bonds. The van der Waals surface area contributed by atoms with E-state index in [9.17, 15) is 8.42 Å². The molecule has 4 heteroatoms. The van der Waals surface area contributed by atoms with Gasteiger partial charge in [-0.2, -0.15) is 0 Å². The monoisotopic (exact) mass is 387 g/mol. The van der Waals surface area contributed by atoms with Crippen LogP contribution in [-0.2, 0) is 16.3 Å². The number of para-hydroxylation sites is 1. The molecule has 3 rings (SSSR count). The second kappa shape index (κ2) is 7.90. The van der Waals surface area contributed by atoms with E-state index in [1.807, 2.05) is 26.8 Å². The van der Waals surface area contributed by atoms with Gasteiger partial charge in [-0.15, -0.1) is 0 Å². The van der Waals surface area contributed by atoms with Crippen molar-refractivity contribution in [2.24, 2.45) is 11.8 Å². The van der Waals surface area contributed by atoms with Crippen LogP contribution < -0.4 is 0 Å². The van der Waals surface area contributed by atoms with Crippen LogP contribution in [0.15, 0.2) is 30.3 Å². The number of aromatic nitrogens is 1. The number of sulfone groups is 1. The van der Waals surface area contributed by atoms with Gasteiger partial charge in [-0.1, -0.05) is 31.0 Å². The van der Waals surface area contributed by atoms with Gasteiger partial charge >= 0.3 is 0 Å². The second-order valence-corrected chi connectivity index (χ2v) is 12.0. The second-order valence-electron chi connectivity index (χ2n) is 9.26. The molecular formula is C23H33NO2S. The summed E-state index contributed by atoms with van der Waals surface area (Å²) in [4.78, 5) is 4.64. The topological polar surface area (TPSA) is 47.0 Å². The molecule has 0 unspecified atom stereocenters. The highest BCUT2D eigenvalue weighted by atomic mass is 32.2. The van der Waals surface area contributed by atoms with E-state index in [-0.39, 0.29) is 0 Å². The van der Waals surface area contributed by atoms with Gasteiger partial charge in [0, 0.05) is 11.1 Å². The molecule has 1 aromatic heterocycles. The highest BCUT2D eigenvalue weighted by Gasteiger charge is 2.33. The lowest BCUT2D eigenvalue weighted by Crippen LogP contribution is -2.34. The van der Waals surface area contributed by atoms with E-state index in [0.29, 0.717) is 17.6 Å². The molecule has 1 fully saturated rings. The molecule has 1 heterocycles. The maximum absolute atomic E-state index is 12.5. The Kier molecular flexibility index (Phi) is 5.95. The van der Waals surface area contributed by atoms with E-state index < -0.39 is 14.6 Å². The molecule has 0 atom stereocenters. The Balaban J connectivity index is 1.56. The molecule has 0 radical (unpaired) electrons. The van der Waals surface area contributed by atoms with Crippen molar-refractivity contribution in [2.75, 3.05) is 5.75 Å². The first-order chi connectivity index (χ1) is 12.7. The molecule has 2 aromatic rings. The third-order valence-corrected chi connectivity index (χ3v) is 8.88. The fraction of sp³-hybridized carbons (Fsp3) is 0.609. The number of fused-ring (bicyclic) bond motifs is 1. The number of hydrogen-bond acceptors (Lipinski definition) is 3. The molecule has 148 valence electrons. The van der Waals surface area contributed by atoms with Gasteiger partial charge in [0.1, 0.15) is 0 Å². The fourth-order valence-corrected chi connectivity index (χ4v) is 5.66. The Hall–Kier alpha value is -1.42. The van der Waals surface area contributed by atoms with Crippen molar-refractivity contribution in [1.29, 1.82) is 0 Å². The van der Waals surface area contributed by atoms with Crippen LogP contribution in [0.3, 0.4) is 0 Å². The Morgan fingerprint density at radius 2 is 1.67 bits per heavy atom. The lowest BCUT2D eigenvalue weighted by molar-refractivity contribution is 0.278. The van der Waals surface area contributed by atoms with Crippen LogP contribution in [0.4, 0.5) is 0 Å².